The number of carbonyl (C=O) groups is 1. The van der Waals surface area contributed by atoms with Crippen LogP contribution in [0.5, 0.6) is 0 Å². The molecule has 3 heteroatoms. The van der Waals surface area contributed by atoms with Gasteiger partial charge in [-0.1, -0.05) is 34.6 Å². The number of aliphatic hydroxyl groups excluding tert-OH is 1. The van der Waals surface area contributed by atoms with E-state index in [0.717, 1.165) is 0 Å². The third-order valence-corrected chi connectivity index (χ3v) is 1.17. The zero-order valence-corrected chi connectivity index (χ0v) is 9.09. The van der Waals surface area contributed by atoms with Gasteiger partial charge in [-0.2, -0.15) is 0 Å². The summed E-state index contributed by atoms with van der Waals surface area (Å²) in [4.78, 5) is 10.2. The Hall–Kier alpha value is -0.570. The molecule has 2 atom stereocenters. The van der Waals surface area contributed by atoms with E-state index >= 15 is 0 Å². The number of aliphatic hydroxyl groups is 1. The first-order valence-electron chi connectivity index (χ1n) is 4.53. The molecule has 1 amide bonds. The normalized spacial score (nSPS) is 12.6. The van der Waals surface area contributed by atoms with E-state index in [9.17, 15) is 4.79 Å². The standard InChI is InChI=1S/C5H11NO2.2C2H6/c1-3(4(2)7)5(6)8;2*1-2/h3-4,7H,1-2H3,(H2,6,8);2*1-2H3. The summed E-state index contributed by atoms with van der Waals surface area (Å²) < 4.78 is 0. The van der Waals surface area contributed by atoms with Crippen LogP contribution in [0, 0.1) is 5.92 Å². The number of primary amides is 1. The van der Waals surface area contributed by atoms with Gasteiger partial charge in [0.15, 0.2) is 0 Å². The molecule has 0 bridgehead atoms. The Bertz CT molecular complexity index is 92.5. The molecule has 0 heterocycles. The van der Waals surface area contributed by atoms with E-state index in [4.69, 9.17) is 10.8 Å². The lowest BCUT2D eigenvalue weighted by Crippen LogP contribution is -2.28. The average molecular weight is 177 g/mol. The fraction of sp³-hybridized carbons (Fsp3) is 0.889. The molecule has 12 heavy (non-hydrogen) atoms. The van der Waals surface area contributed by atoms with Crippen LogP contribution in [0.4, 0.5) is 0 Å². The molecular formula is C9H23NO2. The molecule has 0 saturated heterocycles. The molecule has 0 saturated carbocycles. The summed E-state index contributed by atoms with van der Waals surface area (Å²) in [6.45, 7) is 11.1. The molecule has 0 spiro atoms. The Morgan fingerprint density at radius 3 is 1.42 bits per heavy atom. The van der Waals surface area contributed by atoms with Crippen LogP contribution in [-0.4, -0.2) is 17.1 Å². The minimum Gasteiger partial charge on any atom is -0.393 e. The lowest BCUT2D eigenvalue weighted by Gasteiger charge is -2.08. The monoisotopic (exact) mass is 177 g/mol. The van der Waals surface area contributed by atoms with Gasteiger partial charge >= 0.3 is 0 Å². The van der Waals surface area contributed by atoms with Crippen molar-refractivity contribution in [3.63, 3.8) is 0 Å². The third-order valence-electron chi connectivity index (χ3n) is 1.17. The van der Waals surface area contributed by atoms with Gasteiger partial charge in [0.2, 0.25) is 5.91 Å². The Morgan fingerprint density at radius 1 is 1.17 bits per heavy atom. The quantitative estimate of drug-likeness (QED) is 0.672. The number of amides is 1. The molecule has 2 unspecified atom stereocenters. The number of carbonyl (C=O) groups excluding carboxylic acids is 1. The maximum Gasteiger partial charge on any atom is 0.222 e. The van der Waals surface area contributed by atoms with Crippen molar-refractivity contribution in [3.05, 3.63) is 0 Å². The minimum absolute atomic E-state index is 0.435. The Kier molecular flexibility index (Phi) is 19.0. The second-order valence-corrected chi connectivity index (χ2v) is 1.93. The van der Waals surface area contributed by atoms with E-state index in [1.807, 2.05) is 27.7 Å². The summed E-state index contributed by atoms with van der Waals surface area (Å²) in [6, 6.07) is 0. The number of hydrogen-bond acceptors (Lipinski definition) is 2. The van der Waals surface area contributed by atoms with Gasteiger partial charge in [0, 0.05) is 0 Å². The van der Waals surface area contributed by atoms with Crippen LogP contribution >= 0.6 is 0 Å². The van der Waals surface area contributed by atoms with Crippen molar-refractivity contribution in [3.8, 4) is 0 Å². The van der Waals surface area contributed by atoms with Crippen molar-refractivity contribution in [1.82, 2.24) is 0 Å². The van der Waals surface area contributed by atoms with Crippen molar-refractivity contribution in [2.75, 3.05) is 0 Å². The van der Waals surface area contributed by atoms with E-state index in [2.05, 4.69) is 0 Å². The topological polar surface area (TPSA) is 63.3 Å². The molecule has 0 aromatic heterocycles. The van der Waals surface area contributed by atoms with Gasteiger partial charge in [-0.15, -0.1) is 0 Å². The highest BCUT2D eigenvalue weighted by atomic mass is 16.3. The fourth-order valence-corrected chi connectivity index (χ4v) is 0.238. The van der Waals surface area contributed by atoms with Crippen molar-refractivity contribution in [2.45, 2.75) is 47.6 Å². The summed E-state index contributed by atoms with van der Waals surface area (Å²) in [6.07, 6.45) is -0.632. The molecule has 0 radical (unpaired) electrons. The number of nitrogens with two attached hydrogens (primary N) is 1. The van der Waals surface area contributed by atoms with Crippen molar-refractivity contribution < 1.29 is 9.90 Å². The maximum absolute atomic E-state index is 10.2. The molecule has 0 aromatic carbocycles. The third kappa shape index (κ3) is 12.1. The highest BCUT2D eigenvalue weighted by Crippen LogP contribution is 1.98. The van der Waals surface area contributed by atoms with Gasteiger partial charge in [-0.3, -0.25) is 4.79 Å². The second-order valence-electron chi connectivity index (χ2n) is 1.93. The van der Waals surface area contributed by atoms with Crippen LogP contribution in [0.2, 0.25) is 0 Å². The zero-order valence-electron chi connectivity index (χ0n) is 9.09. The van der Waals surface area contributed by atoms with E-state index in [1.165, 1.54) is 6.92 Å². The highest BCUT2D eigenvalue weighted by Gasteiger charge is 2.13. The Morgan fingerprint density at radius 2 is 1.42 bits per heavy atom. The summed E-state index contributed by atoms with van der Waals surface area (Å²) in [7, 11) is 0. The first-order valence-corrected chi connectivity index (χ1v) is 4.53. The van der Waals surface area contributed by atoms with Crippen LogP contribution < -0.4 is 5.73 Å². The van der Waals surface area contributed by atoms with Crippen molar-refractivity contribution in [2.24, 2.45) is 11.7 Å². The molecule has 3 nitrogen and oxygen atoms in total. The molecule has 0 aliphatic rings. The van der Waals surface area contributed by atoms with Gasteiger partial charge < -0.3 is 10.8 Å². The highest BCUT2D eigenvalue weighted by molar-refractivity contribution is 5.76. The van der Waals surface area contributed by atoms with Crippen LogP contribution in [0.25, 0.3) is 0 Å². The molecule has 76 valence electrons. The number of hydrogen-bond donors (Lipinski definition) is 2. The van der Waals surface area contributed by atoms with Gasteiger partial charge in [-0.05, 0) is 6.92 Å². The van der Waals surface area contributed by atoms with Gasteiger partial charge in [0.1, 0.15) is 0 Å². The van der Waals surface area contributed by atoms with Crippen LogP contribution in [0.1, 0.15) is 41.5 Å². The molecule has 0 aromatic rings. The summed E-state index contributed by atoms with van der Waals surface area (Å²) in [5.41, 5.74) is 4.84. The molecule has 0 aliphatic carbocycles. The van der Waals surface area contributed by atoms with E-state index in [0.29, 0.717) is 0 Å². The van der Waals surface area contributed by atoms with E-state index in [-0.39, 0.29) is 0 Å². The first kappa shape index (κ1) is 17.5. The SMILES string of the molecule is CC.CC.CC(O)C(C)C(N)=O. The lowest BCUT2D eigenvalue weighted by atomic mass is 10.1. The molecular weight excluding hydrogens is 154 g/mol. The lowest BCUT2D eigenvalue weighted by molar-refractivity contribution is -0.124. The predicted molar refractivity (Wildman–Crippen MR) is 52.7 cm³/mol. The van der Waals surface area contributed by atoms with Crippen LogP contribution in [0.15, 0.2) is 0 Å². The Balaban J connectivity index is -0.000000175. The molecule has 0 rings (SSSR count). The minimum atomic E-state index is -0.632. The molecule has 0 aliphatic heterocycles. The van der Waals surface area contributed by atoms with Gasteiger partial charge in [-0.25, -0.2) is 0 Å². The average Bonchev–Trinajstić information content (AvgIpc) is 2.10. The summed E-state index contributed by atoms with van der Waals surface area (Å²) in [5.74, 6) is -0.894. The maximum atomic E-state index is 10.2. The molecule has 0 fully saturated rings. The Labute approximate surface area is 76.0 Å². The summed E-state index contributed by atoms with van der Waals surface area (Å²) >= 11 is 0. The molecule has 3 N–H and O–H groups in total. The van der Waals surface area contributed by atoms with E-state index < -0.39 is 17.9 Å². The smallest absolute Gasteiger partial charge is 0.222 e. The largest absolute Gasteiger partial charge is 0.393 e. The van der Waals surface area contributed by atoms with Crippen molar-refractivity contribution in [1.29, 1.82) is 0 Å². The number of rotatable bonds is 2. The van der Waals surface area contributed by atoms with Crippen LogP contribution in [0.3, 0.4) is 0 Å². The predicted octanol–water partition coefficient (Wildman–Crippen LogP) is 1.54. The second kappa shape index (κ2) is 13.1. The van der Waals surface area contributed by atoms with Gasteiger partial charge in [0.05, 0.1) is 12.0 Å². The summed E-state index contributed by atoms with van der Waals surface area (Å²) in [5, 5.41) is 8.69. The van der Waals surface area contributed by atoms with Crippen LogP contribution in [-0.2, 0) is 4.79 Å². The van der Waals surface area contributed by atoms with E-state index in [1.54, 1.807) is 6.92 Å². The first-order chi connectivity index (χ1) is 5.55. The van der Waals surface area contributed by atoms with Gasteiger partial charge in [0.25, 0.3) is 0 Å². The fourth-order valence-electron chi connectivity index (χ4n) is 0.238. The zero-order chi connectivity index (χ0) is 10.7. The van der Waals surface area contributed by atoms with Crippen molar-refractivity contribution >= 4 is 5.91 Å².